The molecule has 0 bridgehead atoms. The Balaban J connectivity index is 1.17. The van der Waals surface area contributed by atoms with Crippen molar-refractivity contribution in [2.24, 2.45) is 0 Å². The fourth-order valence-electron chi connectivity index (χ4n) is 5.17. The highest BCUT2D eigenvalue weighted by Crippen LogP contribution is 2.48. The number of amides is 1. The van der Waals surface area contributed by atoms with Gasteiger partial charge in [-0.15, -0.1) is 11.8 Å². The van der Waals surface area contributed by atoms with Gasteiger partial charge in [0.1, 0.15) is 11.1 Å². The molecule has 1 amide bonds. The number of nitrogens with zero attached hydrogens (tertiary/aromatic N) is 3. The lowest BCUT2D eigenvalue weighted by molar-refractivity contribution is -0.117. The lowest BCUT2D eigenvalue weighted by Gasteiger charge is -2.31. The Bertz CT molecular complexity index is 1470. The summed E-state index contributed by atoms with van der Waals surface area (Å²) in [4.78, 5) is 22.4. The summed E-state index contributed by atoms with van der Waals surface area (Å²) in [5, 5.41) is 10.6. The van der Waals surface area contributed by atoms with E-state index in [-0.39, 0.29) is 5.91 Å². The molecule has 37 heavy (non-hydrogen) atoms. The minimum atomic E-state index is 0.0508. The number of para-hydroxylation sites is 2. The Kier molecular flexibility index (Phi) is 6.73. The van der Waals surface area contributed by atoms with Crippen LogP contribution in [0.5, 0.6) is 0 Å². The number of fused-ring (bicyclic) bond motifs is 3. The van der Waals surface area contributed by atoms with Crippen LogP contribution in [0.1, 0.15) is 41.1 Å². The van der Waals surface area contributed by atoms with E-state index in [4.69, 9.17) is 4.98 Å². The summed E-state index contributed by atoms with van der Waals surface area (Å²) in [7, 11) is 0. The number of pyridine rings is 1. The average molecular weight is 520 g/mol. The van der Waals surface area contributed by atoms with E-state index in [0.717, 1.165) is 51.1 Å². The standard InChI is InChI=1S/C31H25N3OS2/c32-20-24-19-23-18-22(21-8-2-1-3-9-21)14-15-25(23)33-31(24)36-17-16-30(35)34-26-10-4-6-12-28(26)37-29-13-7-5-11-27(29)34/h1-13,19,22H,14-18H2. The molecule has 2 aliphatic rings. The third-order valence-corrected chi connectivity index (χ3v) is 9.10. The van der Waals surface area contributed by atoms with E-state index < -0.39 is 0 Å². The summed E-state index contributed by atoms with van der Waals surface area (Å²) < 4.78 is 0. The third kappa shape index (κ3) is 4.77. The van der Waals surface area contributed by atoms with Gasteiger partial charge in [-0.1, -0.05) is 66.4 Å². The summed E-state index contributed by atoms with van der Waals surface area (Å²) in [5.41, 5.74) is 6.09. The SMILES string of the molecule is N#Cc1cc2c(nc1SCCC(=O)N1c3ccccc3Sc3ccccc31)CCC(c1ccccc1)C2. The van der Waals surface area contributed by atoms with Crippen LogP contribution in [0.3, 0.4) is 0 Å². The molecule has 0 radical (unpaired) electrons. The van der Waals surface area contributed by atoms with Gasteiger partial charge in [-0.05, 0) is 66.6 Å². The minimum absolute atomic E-state index is 0.0508. The number of rotatable bonds is 5. The number of hydrogen-bond acceptors (Lipinski definition) is 5. The summed E-state index contributed by atoms with van der Waals surface area (Å²) in [6, 6.07) is 31.1. The topological polar surface area (TPSA) is 57.0 Å². The second-order valence-electron chi connectivity index (χ2n) is 9.27. The molecule has 1 aliphatic carbocycles. The second kappa shape index (κ2) is 10.5. The molecule has 0 spiro atoms. The quantitative estimate of drug-likeness (QED) is 0.255. The predicted molar refractivity (Wildman–Crippen MR) is 150 cm³/mol. The van der Waals surface area contributed by atoms with Crippen LogP contribution >= 0.6 is 23.5 Å². The van der Waals surface area contributed by atoms with Crippen LogP contribution in [0, 0.1) is 11.3 Å². The molecular formula is C31H25N3OS2. The van der Waals surface area contributed by atoms with Crippen molar-refractivity contribution in [1.82, 2.24) is 4.98 Å². The van der Waals surface area contributed by atoms with Gasteiger partial charge in [0.25, 0.3) is 0 Å². The molecule has 0 saturated carbocycles. The van der Waals surface area contributed by atoms with E-state index in [0.29, 0.717) is 23.7 Å². The maximum atomic E-state index is 13.5. The normalized spacial score (nSPS) is 15.8. The molecule has 0 fully saturated rings. The highest BCUT2D eigenvalue weighted by Gasteiger charge is 2.28. The van der Waals surface area contributed by atoms with Crippen molar-refractivity contribution in [2.45, 2.75) is 46.4 Å². The molecule has 182 valence electrons. The van der Waals surface area contributed by atoms with Crippen molar-refractivity contribution in [3.05, 3.63) is 107 Å². The Morgan fingerprint density at radius 3 is 2.38 bits per heavy atom. The molecule has 3 aromatic carbocycles. The molecule has 1 aliphatic heterocycles. The van der Waals surface area contributed by atoms with Crippen LogP contribution in [0.4, 0.5) is 11.4 Å². The fourth-order valence-corrected chi connectivity index (χ4v) is 7.13. The number of carbonyl (C=O) groups is 1. The van der Waals surface area contributed by atoms with Crippen molar-refractivity contribution in [1.29, 1.82) is 5.26 Å². The van der Waals surface area contributed by atoms with Gasteiger partial charge in [0.2, 0.25) is 5.91 Å². The van der Waals surface area contributed by atoms with Crippen molar-refractivity contribution in [2.75, 3.05) is 10.7 Å². The van der Waals surface area contributed by atoms with Gasteiger partial charge in [0.15, 0.2) is 0 Å². The van der Waals surface area contributed by atoms with Gasteiger partial charge >= 0.3 is 0 Å². The van der Waals surface area contributed by atoms with E-state index in [1.807, 2.05) is 53.4 Å². The molecule has 0 N–H and O–H groups in total. The van der Waals surface area contributed by atoms with Gasteiger partial charge < -0.3 is 0 Å². The van der Waals surface area contributed by atoms with Crippen molar-refractivity contribution in [3.8, 4) is 6.07 Å². The molecule has 4 nitrogen and oxygen atoms in total. The smallest absolute Gasteiger partial charge is 0.232 e. The molecule has 1 atom stereocenters. The first kappa shape index (κ1) is 23.8. The Hall–Kier alpha value is -3.53. The molecule has 2 heterocycles. The van der Waals surface area contributed by atoms with Crippen molar-refractivity contribution >= 4 is 40.8 Å². The lowest BCUT2D eigenvalue weighted by Crippen LogP contribution is -2.28. The Labute approximate surface area is 225 Å². The molecule has 6 rings (SSSR count). The van der Waals surface area contributed by atoms with Gasteiger partial charge in [-0.3, -0.25) is 9.69 Å². The van der Waals surface area contributed by atoms with Crippen LogP contribution < -0.4 is 4.90 Å². The summed E-state index contributed by atoms with van der Waals surface area (Å²) in [6.45, 7) is 0. The average Bonchev–Trinajstić information content (AvgIpc) is 2.95. The van der Waals surface area contributed by atoms with Crippen LogP contribution in [0.2, 0.25) is 0 Å². The molecule has 0 saturated heterocycles. The van der Waals surface area contributed by atoms with E-state index in [2.05, 4.69) is 42.5 Å². The highest BCUT2D eigenvalue weighted by atomic mass is 32.2. The van der Waals surface area contributed by atoms with E-state index in [1.54, 1.807) is 11.8 Å². The van der Waals surface area contributed by atoms with Crippen molar-refractivity contribution < 1.29 is 4.79 Å². The number of nitriles is 1. The minimum Gasteiger partial charge on any atom is -0.279 e. The van der Waals surface area contributed by atoms with Gasteiger partial charge in [-0.2, -0.15) is 5.26 Å². The van der Waals surface area contributed by atoms with Crippen LogP contribution in [0.15, 0.2) is 99.7 Å². The molecule has 6 heteroatoms. The molecule has 1 aromatic heterocycles. The van der Waals surface area contributed by atoms with E-state index >= 15 is 0 Å². The predicted octanol–water partition coefficient (Wildman–Crippen LogP) is 7.54. The maximum Gasteiger partial charge on any atom is 0.232 e. The van der Waals surface area contributed by atoms with E-state index in [9.17, 15) is 10.1 Å². The molecule has 1 unspecified atom stereocenters. The number of aromatic nitrogens is 1. The van der Waals surface area contributed by atoms with Gasteiger partial charge in [0, 0.05) is 27.7 Å². The number of aryl methyl sites for hydroxylation is 1. The monoisotopic (exact) mass is 519 g/mol. The largest absolute Gasteiger partial charge is 0.279 e. The number of carbonyl (C=O) groups excluding carboxylic acids is 1. The Morgan fingerprint density at radius 1 is 1.00 bits per heavy atom. The van der Waals surface area contributed by atoms with Crippen LogP contribution in [-0.2, 0) is 17.6 Å². The third-order valence-electron chi connectivity index (χ3n) is 6.98. The number of anilines is 2. The zero-order valence-corrected chi connectivity index (χ0v) is 21.9. The fraction of sp³-hybridized carbons (Fsp3) is 0.194. The molecule has 4 aromatic rings. The number of hydrogen-bond donors (Lipinski definition) is 0. The van der Waals surface area contributed by atoms with Crippen LogP contribution in [-0.4, -0.2) is 16.6 Å². The zero-order chi connectivity index (χ0) is 25.2. The number of benzene rings is 3. The second-order valence-corrected chi connectivity index (χ2v) is 11.4. The highest BCUT2D eigenvalue weighted by molar-refractivity contribution is 7.99. The Morgan fingerprint density at radius 2 is 1.68 bits per heavy atom. The summed E-state index contributed by atoms with van der Waals surface area (Å²) in [6.07, 6.45) is 3.24. The maximum absolute atomic E-state index is 13.5. The first-order chi connectivity index (χ1) is 18.2. The lowest BCUT2D eigenvalue weighted by atomic mass is 9.82. The van der Waals surface area contributed by atoms with E-state index in [1.165, 1.54) is 22.9 Å². The van der Waals surface area contributed by atoms with Gasteiger partial charge in [-0.25, -0.2) is 4.98 Å². The summed E-state index contributed by atoms with van der Waals surface area (Å²) in [5.74, 6) is 1.08. The van der Waals surface area contributed by atoms with Gasteiger partial charge in [0.05, 0.1) is 16.9 Å². The number of thioether (sulfide) groups is 1. The van der Waals surface area contributed by atoms with Crippen LogP contribution in [0.25, 0.3) is 0 Å². The van der Waals surface area contributed by atoms with Crippen molar-refractivity contribution in [3.63, 3.8) is 0 Å². The first-order valence-corrected chi connectivity index (χ1v) is 14.3. The zero-order valence-electron chi connectivity index (χ0n) is 20.3. The molecular weight excluding hydrogens is 494 g/mol. The summed E-state index contributed by atoms with van der Waals surface area (Å²) >= 11 is 3.21. The first-order valence-electron chi connectivity index (χ1n) is 12.5.